The molecule has 0 nitrogen and oxygen atoms in total. The quantitative estimate of drug-likeness (QED) is 0.310. The van der Waals surface area contributed by atoms with Gasteiger partial charge in [0.05, 0.1) is 0 Å². The van der Waals surface area contributed by atoms with Gasteiger partial charge < -0.3 is 0 Å². The van der Waals surface area contributed by atoms with Crippen LogP contribution in [-0.2, 0) is 0 Å². The molecule has 0 atom stereocenters. The predicted octanol–water partition coefficient (Wildman–Crippen LogP) is 7.00. The Balaban J connectivity index is 3.68. The zero-order chi connectivity index (χ0) is 18.0. The second-order valence-electron chi connectivity index (χ2n) is 11.5. The van der Waals surface area contributed by atoms with Gasteiger partial charge in [-0.3, -0.25) is 0 Å². The first-order chi connectivity index (χ1) is 9.36. The van der Waals surface area contributed by atoms with Gasteiger partial charge in [-0.25, -0.2) is 0 Å². The van der Waals surface area contributed by atoms with E-state index in [1.165, 1.54) is 12.8 Å². The molecule has 1 heterocycles. The fourth-order valence-electron chi connectivity index (χ4n) is 5.81. The third-order valence-electron chi connectivity index (χ3n) is 6.48. The van der Waals surface area contributed by atoms with Crippen molar-refractivity contribution >= 4 is 61.4 Å². The summed E-state index contributed by atoms with van der Waals surface area (Å²) in [6.07, 6.45) is 3.02. The molecule has 0 aromatic carbocycles. The molecule has 0 bridgehead atoms. The first-order valence-electron chi connectivity index (χ1n) is 8.82. The zero-order valence-electron chi connectivity index (χ0n) is 17.2. The molecule has 6 heteroatoms. The fourth-order valence-corrected chi connectivity index (χ4v) is 101. The first kappa shape index (κ1) is 22.1. The molecule has 0 aromatic heterocycles. The molecule has 0 aromatic rings. The first-order valence-corrected chi connectivity index (χ1v) is 30.6. The van der Waals surface area contributed by atoms with Gasteiger partial charge in [-0.2, -0.15) is 0 Å². The molecule has 1 saturated heterocycles. The molecule has 0 amide bonds. The Bertz CT molecular complexity index is 355. The topological polar surface area (TPSA) is 0 Å². The average molecular weight is 589 g/mol. The van der Waals surface area contributed by atoms with Gasteiger partial charge in [0.1, 0.15) is 0 Å². The van der Waals surface area contributed by atoms with Crippen LogP contribution in [0.5, 0.6) is 0 Å². The Morgan fingerprint density at radius 3 is 0.818 bits per heavy atom. The van der Waals surface area contributed by atoms with Gasteiger partial charge in [-0.15, -0.1) is 0 Å². The standard InChI is InChI=1S/C16H40Si4.Bi.ClH/c1-17(2,3)15(18(4,5)6)13-14-16(19(7,8)9)20(10,11)12;;/h13-14H2,1-12H3;;1H/q;+1;/p-1. The van der Waals surface area contributed by atoms with Crippen molar-refractivity contribution in [2.24, 2.45) is 0 Å². The maximum atomic E-state index is 7.84. The molecular formula is C16H40BiClSi4. The van der Waals surface area contributed by atoms with Crippen molar-refractivity contribution in [3.8, 4) is 0 Å². The number of hydrogen-bond donors (Lipinski definition) is 0. The summed E-state index contributed by atoms with van der Waals surface area (Å²) < 4.78 is 1.38. The number of rotatable bonds is 4. The number of halogens is 1. The summed E-state index contributed by atoms with van der Waals surface area (Å²) in [6, 6.07) is 0. The van der Waals surface area contributed by atoms with E-state index in [1.54, 1.807) is 0 Å². The Kier molecular flexibility index (Phi) is 6.06. The molecule has 1 rings (SSSR count). The van der Waals surface area contributed by atoms with Crippen molar-refractivity contribution in [1.82, 2.24) is 0 Å². The third kappa shape index (κ3) is 3.00. The summed E-state index contributed by atoms with van der Waals surface area (Å²) in [5.41, 5.74) is 0. The minimum atomic E-state index is -2.15. The van der Waals surface area contributed by atoms with E-state index in [1.807, 2.05) is 0 Å². The van der Waals surface area contributed by atoms with E-state index >= 15 is 0 Å². The van der Waals surface area contributed by atoms with Crippen LogP contribution in [0.25, 0.3) is 0 Å². The van der Waals surface area contributed by atoms with Crippen molar-refractivity contribution in [3.05, 3.63) is 0 Å². The predicted molar refractivity (Wildman–Crippen MR) is 120 cm³/mol. The van der Waals surface area contributed by atoms with E-state index < -0.39 is 52.9 Å². The molecule has 0 radical (unpaired) electrons. The summed E-state index contributed by atoms with van der Waals surface area (Å²) >= 11 is -2.15. The summed E-state index contributed by atoms with van der Waals surface area (Å²) in [5.74, 6) is 0. The molecule has 0 N–H and O–H groups in total. The minimum absolute atomic E-state index is 0.692. The Morgan fingerprint density at radius 2 is 0.727 bits per heavy atom. The molecule has 0 unspecified atom stereocenters. The molecule has 1 fully saturated rings. The molecule has 22 heavy (non-hydrogen) atoms. The summed E-state index contributed by atoms with van der Waals surface area (Å²) in [6.45, 7) is 31.8. The van der Waals surface area contributed by atoms with Gasteiger partial charge in [-0.05, 0) is 0 Å². The summed E-state index contributed by atoms with van der Waals surface area (Å²) in [7, 11) is 2.82. The van der Waals surface area contributed by atoms with Crippen molar-refractivity contribution in [2.45, 2.75) is 96.1 Å². The monoisotopic (exact) mass is 588 g/mol. The van der Waals surface area contributed by atoms with Crippen LogP contribution >= 0.6 is 8.51 Å². The SMILES string of the molecule is C[Si](C)(C)[C]1([Si](C)(C)C)CC[C]([Si](C)(C)C)([Si](C)(C)C)[Bi]1[Cl]. The van der Waals surface area contributed by atoms with Crippen molar-refractivity contribution in [2.75, 3.05) is 0 Å². The average Bonchev–Trinajstić information content (AvgIpc) is 2.49. The maximum absolute atomic E-state index is 7.84. The van der Waals surface area contributed by atoms with Gasteiger partial charge in [0.25, 0.3) is 0 Å². The van der Waals surface area contributed by atoms with Crippen LogP contribution in [0.2, 0.25) is 83.3 Å². The van der Waals surface area contributed by atoms with Gasteiger partial charge in [0, 0.05) is 0 Å². The summed E-state index contributed by atoms with van der Waals surface area (Å²) in [5, 5.41) is 0. The Labute approximate surface area is 156 Å². The van der Waals surface area contributed by atoms with Gasteiger partial charge in [0.2, 0.25) is 0 Å². The third-order valence-corrected chi connectivity index (χ3v) is 82.5. The van der Waals surface area contributed by atoms with Gasteiger partial charge in [-0.1, -0.05) is 0 Å². The molecule has 1 aliphatic heterocycles. The fraction of sp³-hybridized carbons (Fsp3) is 1.00. The second-order valence-corrected chi connectivity index (χ2v) is 51.8. The van der Waals surface area contributed by atoms with Crippen molar-refractivity contribution in [3.63, 3.8) is 0 Å². The van der Waals surface area contributed by atoms with Crippen LogP contribution in [-0.4, -0.2) is 52.9 Å². The van der Waals surface area contributed by atoms with Gasteiger partial charge in [0.15, 0.2) is 0 Å². The van der Waals surface area contributed by atoms with E-state index in [4.69, 9.17) is 8.51 Å². The zero-order valence-corrected chi connectivity index (χ0v) is 25.5. The normalized spacial score (nSPS) is 23.9. The van der Waals surface area contributed by atoms with Crippen molar-refractivity contribution < 1.29 is 0 Å². The van der Waals surface area contributed by atoms with E-state index in [2.05, 4.69) is 78.6 Å². The molecule has 1 aliphatic rings. The van der Waals surface area contributed by atoms with Crippen molar-refractivity contribution in [1.29, 1.82) is 0 Å². The van der Waals surface area contributed by atoms with E-state index in [0.29, 0.717) is 4.74 Å². The summed E-state index contributed by atoms with van der Waals surface area (Å²) in [4.78, 5) is 0. The van der Waals surface area contributed by atoms with Crippen LogP contribution in [0.1, 0.15) is 12.8 Å². The number of hydrogen-bond acceptors (Lipinski definition) is 0. The molecular weight excluding hydrogens is 549 g/mol. The van der Waals surface area contributed by atoms with Crippen LogP contribution < -0.4 is 0 Å². The molecule has 132 valence electrons. The molecule has 0 saturated carbocycles. The molecule has 0 aliphatic carbocycles. The van der Waals surface area contributed by atoms with E-state index in [0.717, 1.165) is 0 Å². The van der Waals surface area contributed by atoms with Gasteiger partial charge >= 0.3 is 158 Å². The van der Waals surface area contributed by atoms with Crippen LogP contribution in [0, 0.1) is 0 Å². The van der Waals surface area contributed by atoms with E-state index in [9.17, 15) is 0 Å². The Morgan fingerprint density at radius 1 is 0.545 bits per heavy atom. The van der Waals surface area contributed by atoms with Crippen LogP contribution in [0.3, 0.4) is 0 Å². The molecule has 0 spiro atoms. The second kappa shape index (κ2) is 6.04. The Hall–Kier alpha value is 2.04. The van der Waals surface area contributed by atoms with Crippen LogP contribution in [0.4, 0.5) is 0 Å². The van der Waals surface area contributed by atoms with Crippen LogP contribution in [0.15, 0.2) is 0 Å². The van der Waals surface area contributed by atoms with E-state index in [-0.39, 0.29) is 0 Å².